The van der Waals surface area contributed by atoms with Gasteiger partial charge in [0, 0.05) is 30.6 Å². The largest absolute Gasteiger partial charge is 0.375 e. The van der Waals surface area contributed by atoms with Crippen molar-refractivity contribution in [1.82, 2.24) is 10.3 Å². The number of hydrogen-bond acceptors (Lipinski definition) is 5. The van der Waals surface area contributed by atoms with Crippen molar-refractivity contribution in [2.24, 2.45) is 0 Å². The molecule has 1 saturated heterocycles. The van der Waals surface area contributed by atoms with E-state index in [0.29, 0.717) is 6.10 Å². The van der Waals surface area contributed by atoms with Gasteiger partial charge in [0.2, 0.25) is 0 Å². The van der Waals surface area contributed by atoms with Gasteiger partial charge in [0.25, 0.3) is 0 Å². The molecule has 4 nitrogen and oxygen atoms in total. The van der Waals surface area contributed by atoms with E-state index in [1.54, 1.807) is 0 Å². The van der Waals surface area contributed by atoms with Gasteiger partial charge in [-0.3, -0.25) is 0 Å². The van der Waals surface area contributed by atoms with E-state index in [9.17, 15) is 0 Å². The first kappa shape index (κ1) is 12.4. The fraction of sp³-hybridized carbons (Fsp3) is 0.769. The van der Waals surface area contributed by atoms with Crippen LogP contribution in [0.1, 0.15) is 30.3 Å². The number of hydrogen-bond donors (Lipinski definition) is 1. The lowest BCUT2D eigenvalue weighted by molar-refractivity contribution is 0.0532. The third kappa shape index (κ3) is 2.84. The molecule has 5 heteroatoms. The van der Waals surface area contributed by atoms with Crippen molar-refractivity contribution in [3.05, 3.63) is 10.6 Å². The average molecular weight is 267 g/mol. The quantitative estimate of drug-likeness (QED) is 0.904. The lowest BCUT2D eigenvalue weighted by Gasteiger charge is -2.30. The first-order valence-electron chi connectivity index (χ1n) is 6.78. The minimum atomic E-state index is 0.316. The Kier molecular flexibility index (Phi) is 3.54. The lowest BCUT2D eigenvalue weighted by atomic mass is 10.3. The summed E-state index contributed by atoms with van der Waals surface area (Å²) in [6.45, 7) is 7.97. The summed E-state index contributed by atoms with van der Waals surface area (Å²) in [4.78, 5) is 8.45. The van der Waals surface area contributed by atoms with Gasteiger partial charge in [0.05, 0.1) is 18.4 Å². The van der Waals surface area contributed by atoms with Crippen molar-refractivity contribution < 1.29 is 4.74 Å². The van der Waals surface area contributed by atoms with Crippen LogP contribution in [-0.2, 0) is 11.3 Å². The van der Waals surface area contributed by atoms with Crippen molar-refractivity contribution in [3.63, 3.8) is 0 Å². The molecule has 18 heavy (non-hydrogen) atoms. The molecule has 0 radical (unpaired) electrons. The van der Waals surface area contributed by atoms with Crippen LogP contribution in [0.25, 0.3) is 0 Å². The fourth-order valence-corrected chi connectivity index (χ4v) is 3.28. The number of aryl methyl sites for hydroxylation is 1. The van der Waals surface area contributed by atoms with Crippen LogP contribution in [0.15, 0.2) is 0 Å². The molecule has 0 aromatic carbocycles. The second kappa shape index (κ2) is 5.15. The summed E-state index contributed by atoms with van der Waals surface area (Å²) in [5, 5.41) is 4.73. The van der Waals surface area contributed by atoms with Gasteiger partial charge in [-0.2, -0.15) is 0 Å². The van der Waals surface area contributed by atoms with Gasteiger partial charge < -0.3 is 15.0 Å². The van der Waals surface area contributed by atoms with Crippen molar-refractivity contribution in [2.45, 2.75) is 45.4 Å². The zero-order valence-corrected chi connectivity index (χ0v) is 11.9. The number of thiazole rings is 1. The number of ether oxygens (including phenoxy) is 1. The van der Waals surface area contributed by atoms with E-state index in [2.05, 4.69) is 24.1 Å². The highest BCUT2D eigenvalue weighted by Gasteiger charge is 2.23. The van der Waals surface area contributed by atoms with Crippen LogP contribution in [-0.4, -0.2) is 36.8 Å². The molecule has 2 aliphatic rings. The van der Waals surface area contributed by atoms with E-state index in [-0.39, 0.29) is 0 Å². The molecule has 1 N–H and O–H groups in total. The lowest BCUT2D eigenvalue weighted by Crippen LogP contribution is -2.41. The van der Waals surface area contributed by atoms with Crippen LogP contribution < -0.4 is 10.2 Å². The summed E-state index contributed by atoms with van der Waals surface area (Å²) >= 11 is 1.83. The highest BCUT2D eigenvalue weighted by atomic mass is 32.1. The van der Waals surface area contributed by atoms with Crippen LogP contribution in [0, 0.1) is 6.92 Å². The Labute approximate surface area is 112 Å². The Morgan fingerprint density at radius 2 is 2.33 bits per heavy atom. The maximum absolute atomic E-state index is 5.58. The molecule has 3 rings (SSSR count). The topological polar surface area (TPSA) is 37.4 Å². The third-order valence-electron chi connectivity index (χ3n) is 3.52. The summed E-state index contributed by atoms with van der Waals surface area (Å²) in [6, 6.07) is 0.762. The first-order chi connectivity index (χ1) is 8.72. The highest BCUT2D eigenvalue weighted by molar-refractivity contribution is 7.15. The van der Waals surface area contributed by atoms with Gasteiger partial charge in [-0.25, -0.2) is 4.98 Å². The first-order valence-corrected chi connectivity index (χ1v) is 7.60. The number of nitrogens with zero attached hydrogens (tertiary/aromatic N) is 2. The molecular weight excluding hydrogens is 246 g/mol. The van der Waals surface area contributed by atoms with Gasteiger partial charge >= 0.3 is 0 Å². The zero-order valence-electron chi connectivity index (χ0n) is 11.1. The number of aromatic nitrogens is 1. The van der Waals surface area contributed by atoms with Crippen LogP contribution in [0.5, 0.6) is 0 Å². The van der Waals surface area contributed by atoms with Gasteiger partial charge in [0.15, 0.2) is 5.13 Å². The molecule has 2 fully saturated rings. The number of nitrogens with one attached hydrogen (secondary N) is 1. The van der Waals surface area contributed by atoms with Crippen LogP contribution in [0.3, 0.4) is 0 Å². The summed E-state index contributed by atoms with van der Waals surface area (Å²) in [6.07, 6.45) is 2.99. The van der Waals surface area contributed by atoms with E-state index >= 15 is 0 Å². The molecule has 1 saturated carbocycles. The Bertz CT molecular complexity index is 416. The van der Waals surface area contributed by atoms with E-state index in [4.69, 9.17) is 9.72 Å². The summed E-state index contributed by atoms with van der Waals surface area (Å²) in [5.41, 5.74) is 1.18. The Balaban J connectivity index is 1.66. The predicted octanol–water partition coefficient (Wildman–Crippen LogP) is 1.93. The van der Waals surface area contributed by atoms with Crippen LogP contribution in [0.4, 0.5) is 5.13 Å². The predicted molar refractivity (Wildman–Crippen MR) is 74.3 cm³/mol. The highest BCUT2D eigenvalue weighted by Crippen LogP contribution is 2.28. The van der Waals surface area contributed by atoms with E-state index in [1.165, 1.54) is 23.4 Å². The van der Waals surface area contributed by atoms with E-state index in [0.717, 1.165) is 37.4 Å². The van der Waals surface area contributed by atoms with Crippen LogP contribution >= 0.6 is 11.3 Å². The van der Waals surface area contributed by atoms with Gasteiger partial charge in [0.1, 0.15) is 0 Å². The molecule has 0 spiro atoms. The fourth-order valence-electron chi connectivity index (χ4n) is 2.23. The monoisotopic (exact) mass is 267 g/mol. The molecule has 2 heterocycles. The minimum Gasteiger partial charge on any atom is -0.375 e. The number of morpholine rings is 1. The normalized spacial score (nSPS) is 24.6. The van der Waals surface area contributed by atoms with Crippen molar-refractivity contribution in [3.8, 4) is 0 Å². The zero-order chi connectivity index (χ0) is 12.5. The summed E-state index contributed by atoms with van der Waals surface area (Å²) in [5.74, 6) is 0. The van der Waals surface area contributed by atoms with E-state index in [1.807, 2.05) is 11.3 Å². The second-order valence-corrected chi connectivity index (χ2v) is 6.35. The van der Waals surface area contributed by atoms with Gasteiger partial charge in [-0.1, -0.05) is 0 Å². The summed E-state index contributed by atoms with van der Waals surface area (Å²) in [7, 11) is 0. The molecule has 1 aliphatic carbocycles. The maximum Gasteiger partial charge on any atom is 0.185 e. The van der Waals surface area contributed by atoms with E-state index < -0.39 is 0 Å². The molecule has 1 aliphatic heterocycles. The van der Waals surface area contributed by atoms with Crippen molar-refractivity contribution in [2.75, 3.05) is 24.6 Å². The maximum atomic E-state index is 5.58. The molecule has 0 bridgehead atoms. The van der Waals surface area contributed by atoms with Crippen molar-refractivity contribution in [1.29, 1.82) is 0 Å². The minimum absolute atomic E-state index is 0.316. The Morgan fingerprint density at radius 1 is 1.50 bits per heavy atom. The molecular formula is C13H21N3OS. The molecule has 1 atom stereocenters. The summed E-state index contributed by atoms with van der Waals surface area (Å²) < 4.78 is 5.58. The molecule has 1 aromatic rings. The SMILES string of the molecule is Cc1nc(N2CCOC(C)C2)sc1CNC1CC1. The number of rotatable bonds is 4. The van der Waals surface area contributed by atoms with Crippen LogP contribution in [0.2, 0.25) is 0 Å². The standard InChI is InChI=1S/C13H21N3OS/c1-9-8-16(5-6-17-9)13-15-10(2)12(18-13)7-14-11-3-4-11/h9,11,14H,3-8H2,1-2H3. The molecule has 1 unspecified atom stereocenters. The van der Waals surface area contributed by atoms with Gasteiger partial charge in [-0.05, 0) is 26.7 Å². The molecule has 0 amide bonds. The average Bonchev–Trinajstić information content (AvgIpc) is 3.10. The Hall–Kier alpha value is -0.650. The third-order valence-corrected chi connectivity index (χ3v) is 4.74. The second-order valence-electron chi connectivity index (χ2n) is 5.29. The Morgan fingerprint density at radius 3 is 3.06 bits per heavy atom. The molecule has 1 aromatic heterocycles. The smallest absolute Gasteiger partial charge is 0.185 e. The van der Waals surface area contributed by atoms with Gasteiger partial charge in [-0.15, -0.1) is 11.3 Å². The molecule has 100 valence electrons. The van der Waals surface area contributed by atoms with Crippen molar-refractivity contribution >= 4 is 16.5 Å². The number of anilines is 1.